The van der Waals surface area contributed by atoms with Crippen LogP contribution < -0.4 is 0 Å². The second-order valence-corrected chi connectivity index (χ2v) is 8.40. The van der Waals surface area contributed by atoms with Gasteiger partial charge in [0, 0.05) is 19.5 Å². The number of hydrogen-bond donors (Lipinski definition) is 0. The molecule has 1 saturated heterocycles. The lowest BCUT2D eigenvalue weighted by atomic mass is 9.80. The zero-order chi connectivity index (χ0) is 17.9. The van der Waals surface area contributed by atoms with Crippen LogP contribution in [0.4, 0.5) is 0 Å². The number of hydrogen-bond acceptors (Lipinski definition) is 4. The van der Waals surface area contributed by atoms with Gasteiger partial charge in [-0.25, -0.2) is 8.42 Å². The summed E-state index contributed by atoms with van der Waals surface area (Å²) < 4.78 is 32.0. The maximum Gasteiger partial charge on any atom is 0.305 e. The Bertz CT molecular complexity index is 709. The Labute approximate surface area is 144 Å². The zero-order valence-corrected chi connectivity index (χ0v) is 15.3. The normalized spacial score (nSPS) is 22.1. The number of benzene rings is 1. The van der Waals surface area contributed by atoms with Gasteiger partial charge in [-0.15, -0.1) is 0 Å². The molecule has 2 atom stereocenters. The summed E-state index contributed by atoms with van der Waals surface area (Å²) in [5.41, 5.74) is 1.92. The van der Waals surface area contributed by atoms with Crippen molar-refractivity contribution in [2.45, 2.75) is 31.6 Å². The van der Waals surface area contributed by atoms with E-state index in [0.717, 1.165) is 11.1 Å². The summed E-state index contributed by atoms with van der Waals surface area (Å²) in [4.78, 5) is 11.9. The molecule has 5 nitrogen and oxygen atoms in total. The lowest BCUT2D eigenvalue weighted by Crippen LogP contribution is -2.44. The predicted octanol–water partition coefficient (Wildman–Crippen LogP) is 2.76. The fourth-order valence-corrected chi connectivity index (χ4v) is 4.63. The number of aryl methyl sites for hydroxylation is 1. The van der Waals surface area contributed by atoms with Crippen LogP contribution in [0.5, 0.6) is 0 Å². The molecule has 0 aliphatic carbocycles. The molecular weight excluding hydrogens is 326 g/mol. The molecule has 0 N–H and O–H groups in total. The van der Waals surface area contributed by atoms with Crippen LogP contribution in [0, 0.1) is 18.8 Å². The van der Waals surface area contributed by atoms with E-state index in [1.54, 1.807) is 24.3 Å². The zero-order valence-electron chi connectivity index (χ0n) is 14.5. The van der Waals surface area contributed by atoms with Gasteiger partial charge in [0.05, 0.1) is 12.0 Å². The molecule has 1 heterocycles. The second kappa shape index (κ2) is 7.49. The van der Waals surface area contributed by atoms with E-state index in [4.69, 9.17) is 4.74 Å². The van der Waals surface area contributed by atoms with Crippen molar-refractivity contribution in [3.05, 3.63) is 42.0 Å². The number of carbonyl (C=O) groups is 1. The van der Waals surface area contributed by atoms with E-state index < -0.39 is 10.0 Å². The summed E-state index contributed by atoms with van der Waals surface area (Å²) in [6.07, 6.45) is 0.921. The summed E-state index contributed by atoms with van der Waals surface area (Å²) in [5.74, 6) is -0.237. The van der Waals surface area contributed by atoms with Gasteiger partial charge < -0.3 is 4.74 Å². The van der Waals surface area contributed by atoms with Crippen molar-refractivity contribution in [1.29, 1.82) is 0 Å². The Morgan fingerprint density at radius 3 is 2.50 bits per heavy atom. The number of ether oxygens (including phenoxy) is 1. The van der Waals surface area contributed by atoms with Crippen molar-refractivity contribution in [3.8, 4) is 0 Å². The Morgan fingerprint density at radius 1 is 1.33 bits per heavy atom. The molecule has 1 aliphatic heterocycles. The molecule has 1 aromatic rings. The van der Waals surface area contributed by atoms with Crippen LogP contribution in [-0.4, -0.2) is 38.9 Å². The average molecular weight is 351 g/mol. The lowest BCUT2D eigenvalue weighted by molar-refractivity contribution is -0.142. The van der Waals surface area contributed by atoms with E-state index >= 15 is 0 Å². The van der Waals surface area contributed by atoms with E-state index in [9.17, 15) is 13.2 Å². The van der Waals surface area contributed by atoms with Crippen molar-refractivity contribution in [2.75, 3.05) is 20.2 Å². The summed E-state index contributed by atoms with van der Waals surface area (Å²) in [5, 5.41) is 0. The van der Waals surface area contributed by atoms with Crippen LogP contribution in [0.25, 0.3) is 0 Å². The summed E-state index contributed by atoms with van der Waals surface area (Å²) in [6.45, 7) is 8.56. The van der Waals surface area contributed by atoms with Gasteiger partial charge in [-0.3, -0.25) is 4.79 Å². The summed E-state index contributed by atoms with van der Waals surface area (Å²) in [6, 6.07) is 6.88. The third-order valence-corrected chi connectivity index (χ3v) is 6.55. The first kappa shape index (κ1) is 18.7. The average Bonchev–Trinajstić information content (AvgIpc) is 2.55. The fraction of sp³-hybridized carbons (Fsp3) is 0.500. The fourth-order valence-electron chi connectivity index (χ4n) is 3.15. The minimum atomic E-state index is -3.53. The molecule has 0 saturated carbocycles. The highest BCUT2D eigenvalue weighted by Crippen LogP contribution is 2.34. The van der Waals surface area contributed by atoms with Gasteiger partial charge in [0.2, 0.25) is 10.0 Å². The second-order valence-electron chi connectivity index (χ2n) is 6.46. The number of nitrogens with zero attached hydrogens (tertiary/aromatic N) is 1. The van der Waals surface area contributed by atoms with Crippen molar-refractivity contribution in [2.24, 2.45) is 11.8 Å². The molecule has 0 spiro atoms. The number of sulfonamides is 1. The molecule has 1 fully saturated rings. The minimum absolute atomic E-state index is 0.0435. The molecule has 0 amide bonds. The molecule has 0 unspecified atom stereocenters. The van der Waals surface area contributed by atoms with E-state index in [2.05, 4.69) is 6.58 Å². The van der Waals surface area contributed by atoms with E-state index in [1.807, 2.05) is 13.8 Å². The molecule has 1 aliphatic rings. The summed E-state index contributed by atoms with van der Waals surface area (Å²) in [7, 11) is -2.16. The molecule has 2 rings (SSSR count). The Morgan fingerprint density at radius 2 is 1.96 bits per heavy atom. The molecule has 24 heavy (non-hydrogen) atoms. The van der Waals surface area contributed by atoms with Gasteiger partial charge in [-0.1, -0.05) is 29.8 Å². The van der Waals surface area contributed by atoms with Crippen LogP contribution in [0.3, 0.4) is 0 Å². The maximum absolute atomic E-state index is 12.9. The Balaban J connectivity index is 2.20. The molecule has 0 aromatic heterocycles. The van der Waals surface area contributed by atoms with Gasteiger partial charge in [-0.2, -0.15) is 4.31 Å². The van der Waals surface area contributed by atoms with Crippen LogP contribution in [0.15, 0.2) is 41.3 Å². The van der Waals surface area contributed by atoms with Crippen LogP contribution in [0.2, 0.25) is 0 Å². The molecule has 1 aromatic carbocycles. The number of carbonyl (C=O) groups excluding carboxylic acids is 1. The maximum atomic E-state index is 12.9. The molecule has 6 heteroatoms. The lowest BCUT2D eigenvalue weighted by Gasteiger charge is -2.38. The van der Waals surface area contributed by atoms with Crippen molar-refractivity contribution >= 4 is 16.0 Å². The summed E-state index contributed by atoms with van der Waals surface area (Å²) >= 11 is 0. The van der Waals surface area contributed by atoms with Gasteiger partial charge in [0.1, 0.15) is 0 Å². The van der Waals surface area contributed by atoms with Crippen LogP contribution in [0.1, 0.15) is 25.3 Å². The highest BCUT2D eigenvalue weighted by Gasteiger charge is 2.36. The number of methoxy groups -OCH3 is 1. The monoisotopic (exact) mass is 351 g/mol. The Kier molecular flexibility index (Phi) is 5.83. The van der Waals surface area contributed by atoms with Gasteiger partial charge in [0.15, 0.2) is 0 Å². The van der Waals surface area contributed by atoms with Gasteiger partial charge in [-0.05, 0) is 44.2 Å². The number of piperidine rings is 1. The molecule has 0 radical (unpaired) electrons. The van der Waals surface area contributed by atoms with Crippen molar-refractivity contribution < 1.29 is 17.9 Å². The van der Waals surface area contributed by atoms with Gasteiger partial charge in [0.25, 0.3) is 0 Å². The third kappa shape index (κ3) is 4.05. The van der Waals surface area contributed by atoms with E-state index in [1.165, 1.54) is 11.4 Å². The van der Waals surface area contributed by atoms with Crippen molar-refractivity contribution in [1.82, 2.24) is 4.31 Å². The highest BCUT2D eigenvalue weighted by molar-refractivity contribution is 7.89. The minimum Gasteiger partial charge on any atom is -0.469 e. The third-order valence-electron chi connectivity index (χ3n) is 4.67. The number of rotatable bonds is 5. The standard InChI is InChI=1S/C18H25NO4S/c1-13(2)17-12-19(10-9-15(17)11-18(20)23-4)24(21,22)16-7-5-14(3)6-8-16/h5-8,15,17H,1,9-12H2,2-4H3/t15-,17+/m1/s1. The van der Waals surface area contributed by atoms with E-state index in [-0.39, 0.29) is 17.8 Å². The highest BCUT2D eigenvalue weighted by atomic mass is 32.2. The first-order chi connectivity index (χ1) is 11.3. The first-order valence-electron chi connectivity index (χ1n) is 8.04. The quantitative estimate of drug-likeness (QED) is 0.604. The van der Waals surface area contributed by atoms with Crippen LogP contribution >= 0.6 is 0 Å². The SMILES string of the molecule is C=C(C)[C@@H]1CN(S(=O)(=O)c2ccc(C)cc2)CC[C@@H]1CC(=O)OC. The Hall–Kier alpha value is -1.66. The van der Waals surface area contributed by atoms with E-state index in [0.29, 0.717) is 30.8 Å². The molecular formula is C18H25NO4S. The van der Waals surface area contributed by atoms with Crippen molar-refractivity contribution in [3.63, 3.8) is 0 Å². The van der Waals surface area contributed by atoms with Crippen LogP contribution in [-0.2, 0) is 19.6 Å². The first-order valence-corrected chi connectivity index (χ1v) is 9.48. The van der Waals surface area contributed by atoms with Gasteiger partial charge >= 0.3 is 5.97 Å². The molecule has 0 bridgehead atoms. The number of esters is 1. The smallest absolute Gasteiger partial charge is 0.305 e. The topological polar surface area (TPSA) is 63.7 Å². The largest absolute Gasteiger partial charge is 0.469 e. The molecule has 132 valence electrons. The predicted molar refractivity (Wildman–Crippen MR) is 93.0 cm³/mol.